The molecule has 0 spiro atoms. The van der Waals surface area contributed by atoms with Gasteiger partial charge in [-0.2, -0.15) is 0 Å². The number of likely N-dealkylation sites (N-methyl/N-ethyl adjacent to an activating group) is 1. The Bertz CT molecular complexity index is 1490. The molecule has 196 valence electrons. The minimum Gasteiger partial charge on any atom is -0.490 e. The summed E-state index contributed by atoms with van der Waals surface area (Å²) in [5.41, 5.74) is 4.80. The number of carbonyl (C=O) groups is 1. The number of likely N-dealkylation sites (tertiary alicyclic amines) is 1. The summed E-state index contributed by atoms with van der Waals surface area (Å²) in [6.07, 6.45) is 3.55. The predicted molar refractivity (Wildman–Crippen MR) is 149 cm³/mol. The highest BCUT2D eigenvalue weighted by atomic mass is 19.1. The van der Waals surface area contributed by atoms with Crippen LogP contribution in [0.3, 0.4) is 0 Å². The van der Waals surface area contributed by atoms with Crippen molar-refractivity contribution in [2.24, 2.45) is 0 Å². The number of rotatable bonds is 7. The van der Waals surface area contributed by atoms with Crippen molar-refractivity contribution < 1.29 is 13.9 Å². The maximum absolute atomic E-state index is 14.0. The van der Waals surface area contributed by atoms with Crippen LogP contribution in [0, 0.1) is 12.7 Å². The van der Waals surface area contributed by atoms with E-state index in [4.69, 9.17) is 9.72 Å². The molecule has 3 aromatic carbocycles. The van der Waals surface area contributed by atoms with Gasteiger partial charge in [0.2, 0.25) is 11.9 Å². The van der Waals surface area contributed by atoms with Crippen LogP contribution in [0.1, 0.15) is 32.3 Å². The summed E-state index contributed by atoms with van der Waals surface area (Å²) in [6.45, 7) is 6.74. The van der Waals surface area contributed by atoms with E-state index in [1.54, 1.807) is 12.3 Å². The monoisotopic (exact) mass is 513 g/mol. The Hall–Kier alpha value is -4.04. The third-order valence-electron chi connectivity index (χ3n) is 6.78. The van der Waals surface area contributed by atoms with Gasteiger partial charge in [0.05, 0.1) is 17.7 Å². The van der Waals surface area contributed by atoms with E-state index in [-0.39, 0.29) is 23.9 Å². The first kappa shape index (κ1) is 25.6. The van der Waals surface area contributed by atoms with Crippen LogP contribution >= 0.6 is 0 Å². The number of halogens is 1. The van der Waals surface area contributed by atoms with Gasteiger partial charge in [-0.25, -0.2) is 14.4 Å². The molecule has 1 aliphatic rings. The maximum atomic E-state index is 14.0. The van der Waals surface area contributed by atoms with Crippen LogP contribution in [0.4, 0.5) is 21.7 Å². The zero-order chi connectivity index (χ0) is 26.8. The molecule has 0 radical (unpaired) electrons. The second-order valence-electron chi connectivity index (χ2n) is 10.0. The van der Waals surface area contributed by atoms with Crippen molar-refractivity contribution in [3.63, 3.8) is 0 Å². The molecule has 8 heteroatoms. The largest absolute Gasteiger partial charge is 0.490 e. The molecular weight excluding hydrogens is 481 g/mol. The Morgan fingerprint density at radius 1 is 1.13 bits per heavy atom. The van der Waals surface area contributed by atoms with Crippen LogP contribution in [0.25, 0.3) is 22.0 Å². The molecule has 1 saturated heterocycles. The highest BCUT2D eigenvalue weighted by molar-refractivity contribution is 5.96. The fourth-order valence-corrected chi connectivity index (χ4v) is 4.83. The van der Waals surface area contributed by atoms with E-state index in [0.717, 1.165) is 52.7 Å². The van der Waals surface area contributed by atoms with E-state index in [1.165, 1.54) is 12.1 Å². The Balaban J connectivity index is 1.46. The number of benzene rings is 3. The number of nitrogens with zero attached hydrogens (tertiary/aromatic N) is 3. The number of para-hydroxylation sites is 1. The molecule has 7 nitrogen and oxygen atoms in total. The van der Waals surface area contributed by atoms with Crippen molar-refractivity contribution >= 4 is 34.1 Å². The number of fused-ring (bicyclic) bond motifs is 1. The van der Waals surface area contributed by atoms with Gasteiger partial charge < -0.3 is 15.4 Å². The number of aromatic nitrogens is 2. The van der Waals surface area contributed by atoms with Crippen molar-refractivity contribution in [3.8, 4) is 16.9 Å². The molecule has 38 heavy (non-hydrogen) atoms. The fraction of sp³-hybridized carbons (Fsp3) is 0.300. The summed E-state index contributed by atoms with van der Waals surface area (Å²) in [6, 6.07) is 16.0. The zero-order valence-corrected chi connectivity index (χ0v) is 22.1. The van der Waals surface area contributed by atoms with Crippen molar-refractivity contribution in [2.75, 3.05) is 24.2 Å². The van der Waals surface area contributed by atoms with Crippen LogP contribution in [0.2, 0.25) is 0 Å². The predicted octanol–water partition coefficient (Wildman–Crippen LogP) is 6.31. The Morgan fingerprint density at radius 2 is 1.97 bits per heavy atom. The second-order valence-corrected chi connectivity index (χ2v) is 10.0. The molecule has 2 N–H and O–H groups in total. The summed E-state index contributed by atoms with van der Waals surface area (Å²) in [5, 5.41) is 7.22. The second kappa shape index (κ2) is 10.8. The zero-order valence-electron chi connectivity index (χ0n) is 22.1. The van der Waals surface area contributed by atoms with Crippen LogP contribution in [0.5, 0.6) is 5.75 Å². The number of amides is 1. The quantitative estimate of drug-likeness (QED) is 0.302. The third-order valence-corrected chi connectivity index (χ3v) is 6.78. The molecule has 1 atom stereocenters. The van der Waals surface area contributed by atoms with Crippen LogP contribution in [-0.4, -0.2) is 46.5 Å². The lowest BCUT2D eigenvalue weighted by Crippen LogP contribution is -2.37. The average Bonchev–Trinajstić information content (AvgIpc) is 3.31. The van der Waals surface area contributed by atoms with E-state index in [0.29, 0.717) is 17.4 Å². The molecule has 0 unspecified atom stereocenters. The molecule has 0 bridgehead atoms. The molecule has 5 rings (SSSR count). The number of hydrogen-bond acceptors (Lipinski definition) is 6. The molecule has 2 heterocycles. The van der Waals surface area contributed by atoms with Gasteiger partial charge in [0.1, 0.15) is 11.6 Å². The average molecular weight is 514 g/mol. The number of ether oxygens (including phenoxy) is 1. The first-order valence-corrected chi connectivity index (χ1v) is 12.9. The van der Waals surface area contributed by atoms with Gasteiger partial charge in [0, 0.05) is 40.2 Å². The van der Waals surface area contributed by atoms with Gasteiger partial charge in [-0.05, 0) is 77.0 Å². The summed E-state index contributed by atoms with van der Waals surface area (Å²) in [7, 11) is 1.98. The van der Waals surface area contributed by atoms with E-state index in [9.17, 15) is 9.18 Å². The molecule has 0 saturated carbocycles. The third kappa shape index (κ3) is 5.45. The SMILES string of the molecule is Cc1ccc(NC(=O)[C@H]2CCCN2C)cc1Nc1ncc2cccc(-c3ccc(F)cc3OC(C)C)c2n1. The number of aryl methyl sites for hydroxylation is 1. The molecule has 0 aliphatic carbocycles. The van der Waals surface area contributed by atoms with Crippen LogP contribution in [-0.2, 0) is 4.79 Å². The molecule has 1 amide bonds. The van der Waals surface area contributed by atoms with Crippen molar-refractivity contribution in [1.82, 2.24) is 14.9 Å². The fourth-order valence-electron chi connectivity index (χ4n) is 4.83. The molecule has 1 fully saturated rings. The van der Waals surface area contributed by atoms with Gasteiger partial charge in [0.15, 0.2) is 0 Å². The molecule has 1 aliphatic heterocycles. The van der Waals surface area contributed by atoms with Crippen LogP contribution < -0.4 is 15.4 Å². The number of anilines is 3. The lowest BCUT2D eigenvalue weighted by Gasteiger charge is -2.19. The normalized spacial score (nSPS) is 15.7. The maximum Gasteiger partial charge on any atom is 0.241 e. The van der Waals surface area contributed by atoms with E-state index < -0.39 is 0 Å². The Labute approximate surface area is 222 Å². The minimum absolute atomic E-state index is 0.00474. The van der Waals surface area contributed by atoms with Crippen molar-refractivity contribution in [3.05, 3.63) is 72.2 Å². The summed E-state index contributed by atoms with van der Waals surface area (Å²) >= 11 is 0. The van der Waals surface area contributed by atoms with Gasteiger partial charge in [-0.3, -0.25) is 9.69 Å². The van der Waals surface area contributed by atoms with Gasteiger partial charge >= 0.3 is 0 Å². The highest BCUT2D eigenvalue weighted by Crippen LogP contribution is 2.36. The topological polar surface area (TPSA) is 79.4 Å². The molecular formula is C30H32FN5O2. The first-order valence-electron chi connectivity index (χ1n) is 12.9. The summed E-state index contributed by atoms with van der Waals surface area (Å²) in [4.78, 5) is 24.2. The summed E-state index contributed by atoms with van der Waals surface area (Å²) < 4.78 is 20.0. The lowest BCUT2D eigenvalue weighted by molar-refractivity contribution is -0.119. The smallest absolute Gasteiger partial charge is 0.241 e. The summed E-state index contributed by atoms with van der Waals surface area (Å²) in [5.74, 6) is 0.530. The van der Waals surface area contributed by atoms with Gasteiger partial charge in [-0.15, -0.1) is 0 Å². The van der Waals surface area contributed by atoms with Gasteiger partial charge in [0.25, 0.3) is 0 Å². The van der Waals surface area contributed by atoms with E-state index in [1.807, 2.05) is 64.2 Å². The Kier molecular flexibility index (Phi) is 7.24. The first-order chi connectivity index (χ1) is 18.3. The molecule has 1 aromatic heterocycles. The van der Waals surface area contributed by atoms with Crippen molar-refractivity contribution in [1.29, 1.82) is 0 Å². The van der Waals surface area contributed by atoms with Crippen molar-refractivity contribution in [2.45, 2.75) is 45.8 Å². The number of hydrogen-bond donors (Lipinski definition) is 2. The highest BCUT2D eigenvalue weighted by Gasteiger charge is 2.27. The number of nitrogens with one attached hydrogen (secondary N) is 2. The van der Waals surface area contributed by atoms with Crippen LogP contribution in [0.15, 0.2) is 60.8 Å². The van der Waals surface area contributed by atoms with E-state index >= 15 is 0 Å². The van der Waals surface area contributed by atoms with Gasteiger partial charge in [-0.1, -0.05) is 24.3 Å². The minimum atomic E-state index is -0.358. The van der Waals surface area contributed by atoms with E-state index in [2.05, 4.69) is 20.5 Å². The Morgan fingerprint density at radius 3 is 2.74 bits per heavy atom. The lowest BCUT2D eigenvalue weighted by atomic mass is 10.0. The number of carbonyl (C=O) groups excluding carboxylic acids is 1. The molecule has 4 aromatic rings. The standard InChI is InChI=1S/C30H32FN5O2/c1-18(2)38-27-15-21(31)11-13-23(27)24-8-5-7-20-17-32-30(35-28(20)24)34-25-16-22(12-10-19(25)3)33-29(37)26-9-6-14-36(26)4/h5,7-8,10-13,15-18,26H,6,9,14H2,1-4H3,(H,33,37)(H,32,34,35)/t26-/m1/s1.